The highest BCUT2D eigenvalue weighted by Gasteiger charge is 2.29. The van der Waals surface area contributed by atoms with Crippen molar-refractivity contribution < 1.29 is 9.59 Å². The van der Waals surface area contributed by atoms with E-state index < -0.39 is 6.04 Å². The van der Waals surface area contributed by atoms with E-state index >= 15 is 0 Å². The van der Waals surface area contributed by atoms with E-state index in [9.17, 15) is 9.59 Å². The lowest BCUT2D eigenvalue weighted by Gasteiger charge is -2.36. The van der Waals surface area contributed by atoms with Gasteiger partial charge in [-0.25, -0.2) is 0 Å². The summed E-state index contributed by atoms with van der Waals surface area (Å²) in [6, 6.07) is 11.5. The molecule has 3 heterocycles. The molecule has 1 unspecified atom stereocenters. The number of aromatic nitrogens is 2. The van der Waals surface area contributed by atoms with Crippen molar-refractivity contribution in [3.05, 3.63) is 66.1 Å². The first-order chi connectivity index (χ1) is 14.6. The predicted octanol–water partition coefficient (Wildman–Crippen LogP) is 1.95. The fourth-order valence-electron chi connectivity index (χ4n) is 4.06. The van der Waals surface area contributed by atoms with Gasteiger partial charge in [-0.05, 0) is 23.3 Å². The summed E-state index contributed by atoms with van der Waals surface area (Å²) >= 11 is 0. The molecule has 3 aromatic rings. The minimum Gasteiger partial charge on any atom is -0.361 e. The Morgan fingerprint density at radius 2 is 1.93 bits per heavy atom. The minimum absolute atomic E-state index is 0.0171. The van der Waals surface area contributed by atoms with E-state index in [1.807, 2.05) is 47.6 Å². The molecule has 1 saturated heterocycles. The summed E-state index contributed by atoms with van der Waals surface area (Å²) in [5.74, 6) is -0.208. The first-order valence-electron chi connectivity index (χ1n) is 10.3. The van der Waals surface area contributed by atoms with Gasteiger partial charge in [-0.15, -0.1) is 0 Å². The number of carbonyl (C=O) groups is 2. The number of fused-ring (bicyclic) bond motifs is 1. The van der Waals surface area contributed by atoms with Gasteiger partial charge in [-0.3, -0.25) is 19.5 Å². The van der Waals surface area contributed by atoms with Gasteiger partial charge in [0, 0.05) is 75.6 Å². The Morgan fingerprint density at radius 3 is 2.67 bits per heavy atom. The number of para-hydroxylation sites is 1. The van der Waals surface area contributed by atoms with Crippen LogP contribution in [0.3, 0.4) is 0 Å². The van der Waals surface area contributed by atoms with E-state index in [4.69, 9.17) is 0 Å². The van der Waals surface area contributed by atoms with E-state index in [0.29, 0.717) is 19.5 Å². The molecular weight excluding hydrogens is 378 g/mol. The average Bonchev–Trinajstić information content (AvgIpc) is 3.17. The molecule has 7 nitrogen and oxygen atoms in total. The van der Waals surface area contributed by atoms with Gasteiger partial charge in [-0.2, -0.15) is 0 Å². The summed E-state index contributed by atoms with van der Waals surface area (Å²) in [4.78, 5) is 36.6. The van der Waals surface area contributed by atoms with Crippen molar-refractivity contribution in [1.29, 1.82) is 0 Å². The van der Waals surface area contributed by atoms with Crippen molar-refractivity contribution >= 4 is 22.7 Å². The molecule has 0 radical (unpaired) electrons. The number of H-pyrrole nitrogens is 1. The van der Waals surface area contributed by atoms with Gasteiger partial charge in [0.1, 0.15) is 6.04 Å². The van der Waals surface area contributed by atoms with Crippen LogP contribution in [-0.4, -0.2) is 63.8 Å². The molecule has 0 bridgehead atoms. The smallest absolute Gasteiger partial charge is 0.245 e. The van der Waals surface area contributed by atoms with Crippen molar-refractivity contribution in [2.45, 2.75) is 25.9 Å². The number of aromatic amines is 1. The summed E-state index contributed by atoms with van der Waals surface area (Å²) < 4.78 is 0. The number of hydrogen-bond acceptors (Lipinski definition) is 4. The molecule has 1 aromatic carbocycles. The number of benzene rings is 1. The molecule has 4 rings (SSSR count). The SMILES string of the molecule is CC(=O)NC(Cc1c[nH]c2ccccc12)C(=O)N1CCN(Cc2cccnc2)CC1. The highest BCUT2D eigenvalue weighted by Crippen LogP contribution is 2.20. The summed E-state index contributed by atoms with van der Waals surface area (Å²) in [7, 11) is 0. The van der Waals surface area contributed by atoms with Crippen LogP contribution in [0.4, 0.5) is 0 Å². The molecule has 0 saturated carbocycles. The fraction of sp³-hybridized carbons (Fsp3) is 0.348. The summed E-state index contributed by atoms with van der Waals surface area (Å²) in [6.07, 6.45) is 6.05. The van der Waals surface area contributed by atoms with Crippen LogP contribution < -0.4 is 5.32 Å². The number of piperazine rings is 1. The normalized spacial score (nSPS) is 15.8. The Kier molecular flexibility index (Phi) is 6.09. The Morgan fingerprint density at radius 1 is 1.13 bits per heavy atom. The van der Waals surface area contributed by atoms with Crippen molar-refractivity contribution in [3.63, 3.8) is 0 Å². The van der Waals surface area contributed by atoms with Gasteiger partial charge >= 0.3 is 0 Å². The van der Waals surface area contributed by atoms with Crippen LogP contribution in [0.5, 0.6) is 0 Å². The third-order valence-electron chi connectivity index (χ3n) is 5.59. The molecule has 156 valence electrons. The van der Waals surface area contributed by atoms with Gasteiger partial charge in [0.2, 0.25) is 11.8 Å². The average molecular weight is 406 g/mol. The van der Waals surface area contributed by atoms with E-state index in [1.54, 1.807) is 6.20 Å². The third kappa shape index (κ3) is 4.68. The van der Waals surface area contributed by atoms with Crippen LogP contribution in [-0.2, 0) is 22.6 Å². The molecule has 1 aliphatic heterocycles. The van der Waals surface area contributed by atoms with Crippen molar-refractivity contribution in [3.8, 4) is 0 Å². The zero-order valence-corrected chi connectivity index (χ0v) is 17.2. The lowest BCUT2D eigenvalue weighted by atomic mass is 10.0. The lowest BCUT2D eigenvalue weighted by molar-refractivity contribution is -0.137. The minimum atomic E-state index is -0.563. The van der Waals surface area contributed by atoms with Crippen LogP contribution >= 0.6 is 0 Å². The summed E-state index contributed by atoms with van der Waals surface area (Å²) in [6.45, 7) is 5.22. The topological polar surface area (TPSA) is 81.3 Å². The second-order valence-electron chi connectivity index (χ2n) is 7.78. The number of nitrogens with zero attached hydrogens (tertiary/aromatic N) is 3. The first kappa shape index (κ1) is 20.1. The zero-order chi connectivity index (χ0) is 20.9. The molecule has 0 spiro atoms. The van der Waals surface area contributed by atoms with Gasteiger partial charge in [-0.1, -0.05) is 24.3 Å². The Labute approximate surface area is 176 Å². The third-order valence-corrected chi connectivity index (χ3v) is 5.59. The van der Waals surface area contributed by atoms with Crippen LogP contribution in [0.2, 0.25) is 0 Å². The maximum absolute atomic E-state index is 13.2. The van der Waals surface area contributed by atoms with Gasteiger partial charge < -0.3 is 15.2 Å². The van der Waals surface area contributed by atoms with Crippen molar-refractivity contribution in [2.75, 3.05) is 26.2 Å². The molecule has 0 aliphatic carbocycles. The molecule has 30 heavy (non-hydrogen) atoms. The standard InChI is InChI=1S/C23H27N5O2/c1-17(29)26-22(13-19-15-25-21-7-3-2-6-20(19)21)23(30)28-11-9-27(10-12-28)16-18-5-4-8-24-14-18/h2-8,14-15,22,25H,9-13,16H2,1H3,(H,26,29). The Balaban J connectivity index is 1.40. The van der Waals surface area contributed by atoms with Gasteiger partial charge in [0.15, 0.2) is 0 Å². The number of hydrogen-bond donors (Lipinski definition) is 2. The Hall–Kier alpha value is -3.19. The zero-order valence-electron chi connectivity index (χ0n) is 17.2. The second-order valence-corrected chi connectivity index (χ2v) is 7.78. The van der Waals surface area contributed by atoms with E-state index in [-0.39, 0.29) is 11.8 Å². The Bertz CT molecular complexity index is 1010. The molecular formula is C23H27N5O2. The lowest BCUT2D eigenvalue weighted by Crippen LogP contribution is -2.55. The van der Waals surface area contributed by atoms with E-state index in [0.717, 1.165) is 36.1 Å². The maximum Gasteiger partial charge on any atom is 0.245 e. The molecule has 2 N–H and O–H groups in total. The number of carbonyl (C=O) groups excluding carboxylic acids is 2. The maximum atomic E-state index is 13.2. The predicted molar refractivity (Wildman–Crippen MR) is 116 cm³/mol. The van der Waals surface area contributed by atoms with E-state index in [2.05, 4.69) is 26.3 Å². The van der Waals surface area contributed by atoms with Gasteiger partial charge in [0.05, 0.1) is 0 Å². The first-order valence-corrected chi connectivity index (χ1v) is 10.3. The molecule has 2 aromatic heterocycles. The highest BCUT2D eigenvalue weighted by molar-refractivity contribution is 5.89. The van der Waals surface area contributed by atoms with Crippen LogP contribution in [0.15, 0.2) is 55.0 Å². The van der Waals surface area contributed by atoms with Crippen LogP contribution in [0, 0.1) is 0 Å². The highest BCUT2D eigenvalue weighted by atomic mass is 16.2. The summed E-state index contributed by atoms with van der Waals surface area (Å²) in [5, 5.41) is 3.95. The number of nitrogens with one attached hydrogen (secondary N) is 2. The van der Waals surface area contributed by atoms with E-state index in [1.165, 1.54) is 12.5 Å². The second kappa shape index (κ2) is 9.09. The van der Waals surface area contributed by atoms with Crippen molar-refractivity contribution in [1.82, 2.24) is 25.1 Å². The molecule has 1 aliphatic rings. The number of amides is 2. The fourth-order valence-corrected chi connectivity index (χ4v) is 4.06. The number of pyridine rings is 1. The largest absolute Gasteiger partial charge is 0.361 e. The molecule has 2 amide bonds. The van der Waals surface area contributed by atoms with Crippen LogP contribution in [0.25, 0.3) is 10.9 Å². The summed E-state index contributed by atoms with van der Waals surface area (Å²) in [5.41, 5.74) is 3.24. The molecule has 7 heteroatoms. The molecule has 1 atom stereocenters. The monoisotopic (exact) mass is 405 g/mol. The van der Waals surface area contributed by atoms with Gasteiger partial charge in [0.25, 0.3) is 0 Å². The van der Waals surface area contributed by atoms with Crippen molar-refractivity contribution in [2.24, 2.45) is 0 Å². The van der Waals surface area contributed by atoms with Crippen LogP contribution in [0.1, 0.15) is 18.1 Å². The molecule has 1 fully saturated rings. The number of rotatable bonds is 6. The quantitative estimate of drug-likeness (QED) is 0.657.